The van der Waals surface area contributed by atoms with Gasteiger partial charge in [-0.25, -0.2) is 0 Å². The molecule has 1 atom stereocenters. The summed E-state index contributed by atoms with van der Waals surface area (Å²) in [5, 5.41) is 6.68. The summed E-state index contributed by atoms with van der Waals surface area (Å²) in [4.78, 5) is 0. The van der Waals surface area contributed by atoms with E-state index < -0.39 is 6.61 Å². The van der Waals surface area contributed by atoms with Gasteiger partial charge in [-0.2, -0.15) is 8.78 Å². The van der Waals surface area contributed by atoms with Gasteiger partial charge in [0, 0.05) is 11.7 Å². The molecule has 0 aliphatic heterocycles. The van der Waals surface area contributed by atoms with Gasteiger partial charge in [0.15, 0.2) is 5.11 Å². The Morgan fingerprint density at radius 3 is 2.20 bits per heavy atom. The molecule has 2 N–H and O–H groups in total. The molecule has 0 spiro atoms. The zero-order chi connectivity index (χ0) is 15.3. The second kappa shape index (κ2) is 6.83. The Kier molecular flexibility index (Phi) is 5.68. The summed E-state index contributed by atoms with van der Waals surface area (Å²) in [5.41, 5.74) is 0.797. The van der Waals surface area contributed by atoms with Crippen molar-refractivity contribution >= 4 is 23.0 Å². The van der Waals surface area contributed by atoms with E-state index in [0.29, 0.717) is 10.8 Å². The first-order valence-electron chi connectivity index (χ1n) is 6.31. The number of anilines is 1. The molecule has 0 fully saturated rings. The Labute approximate surface area is 123 Å². The first kappa shape index (κ1) is 16.6. The standard InChI is InChI=1S/C14H20F2N2OS/c1-9(14(2,3)4)17-13(20)18-10-5-7-11(8-6-10)19-12(15)16/h5-9,12H,1-4H3,(H2,17,18,20). The van der Waals surface area contributed by atoms with Crippen molar-refractivity contribution in [2.75, 3.05) is 5.32 Å². The summed E-state index contributed by atoms with van der Waals surface area (Å²) in [6.07, 6.45) is 0. The van der Waals surface area contributed by atoms with E-state index in [1.54, 1.807) is 12.1 Å². The lowest BCUT2D eigenvalue weighted by molar-refractivity contribution is -0.0498. The fourth-order valence-electron chi connectivity index (χ4n) is 1.30. The summed E-state index contributed by atoms with van der Waals surface area (Å²) in [7, 11) is 0. The first-order valence-corrected chi connectivity index (χ1v) is 6.71. The van der Waals surface area contributed by atoms with Crippen molar-refractivity contribution in [2.24, 2.45) is 5.41 Å². The van der Waals surface area contributed by atoms with Crippen LogP contribution < -0.4 is 15.4 Å². The Balaban J connectivity index is 2.54. The van der Waals surface area contributed by atoms with E-state index in [4.69, 9.17) is 12.2 Å². The van der Waals surface area contributed by atoms with Crippen molar-refractivity contribution in [2.45, 2.75) is 40.3 Å². The van der Waals surface area contributed by atoms with Crippen molar-refractivity contribution < 1.29 is 13.5 Å². The molecule has 20 heavy (non-hydrogen) atoms. The number of halogens is 2. The van der Waals surface area contributed by atoms with E-state index in [0.717, 1.165) is 0 Å². The molecule has 0 bridgehead atoms. The van der Waals surface area contributed by atoms with Crippen molar-refractivity contribution in [3.8, 4) is 5.75 Å². The third-order valence-corrected chi connectivity index (χ3v) is 3.20. The highest BCUT2D eigenvalue weighted by atomic mass is 32.1. The van der Waals surface area contributed by atoms with Gasteiger partial charge in [0.25, 0.3) is 0 Å². The number of rotatable bonds is 4. The minimum Gasteiger partial charge on any atom is -0.435 e. The van der Waals surface area contributed by atoms with E-state index in [2.05, 4.69) is 36.1 Å². The van der Waals surface area contributed by atoms with E-state index in [-0.39, 0.29) is 17.2 Å². The minimum atomic E-state index is -2.82. The number of ether oxygens (including phenoxy) is 1. The smallest absolute Gasteiger partial charge is 0.387 e. The van der Waals surface area contributed by atoms with Crippen molar-refractivity contribution in [1.29, 1.82) is 0 Å². The van der Waals surface area contributed by atoms with Gasteiger partial charge in [-0.15, -0.1) is 0 Å². The summed E-state index contributed by atoms with van der Waals surface area (Å²) < 4.78 is 28.3. The third kappa shape index (κ3) is 5.69. The molecule has 3 nitrogen and oxygen atoms in total. The van der Waals surface area contributed by atoms with Gasteiger partial charge in [0.1, 0.15) is 5.75 Å². The van der Waals surface area contributed by atoms with E-state index in [9.17, 15) is 8.78 Å². The van der Waals surface area contributed by atoms with Gasteiger partial charge in [-0.3, -0.25) is 0 Å². The van der Waals surface area contributed by atoms with Crippen LogP contribution in [0.25, 0.3) is 0 Å². The van der Waals surface area contributed by atoms with Gasteiger partial charge >= 0.3 is 6.61 Å². The second-order valence-corrected chi connectivity index (χ2v) is 6.00. The first-order chi connectivity index (χ1) is 9.18. The average molecular weight is 302 g/mol. The fraction of sp³-hybridized carbons (Fsp3) is 0.500. The van der Waals surface area contributed by atoms with Gasteiger partial charge < -0.3 is 15.4 Å². The number of hydrogen-bond acceptors (Lipinski definition) is 2. The summed E-state index contributed by atoms with van der Waals surface area (Å²) >= 11 is 5.21. The maximum absolute atomic E-state index is 12.0. The summed E-state index contributed by atoms with van der Waals surface area (Å²) in [5.74, 6) is 0.118. The molecule has 0 saturated carbocycles. The molecule has 1 aromatic rings. The summed E-state index contributed by atoms with van der Waals surface area (Å²) in [6.45, 7) is 5.58. The summed E-state index contributed by atoms with van der Waals surface area (Å²) in [6, 6.07) is 6.39. The van der Waals surface area contributed by atoms with Gasteiger partial charge in [0.2, 0.25) is 0 Å². The predicted octanol–water partition coefficient (Wildman–Crippen LogP) is 4.01. The highest BCUT2D eigenvalue weighted by Crippen LogP contribution is 2.20. The number of alkyl halides is 2. The van der Waals surface area contributed by atoms with Crippen molar-refractivity contribution in [1.82, 2.24) is 5.32 Å². The average Bonchev–Trinajstić information content (AvgIpc) is 2.29. The molecule has 6 heteroatoms. The molecule has 0 aromatic heterocycles. The molecule has 0 aliphatic rings. The molecule has 0 radical (unpaired) electrons. The molecule has 1 rings (SSSR count). The molecule has 1 aromatic carbocycles. The van der Waals surface area contributed by atoms with Crippen LogP contribution in [0.5, 0.6) is 5.75 Å². The number of benzene rings is 1. The number of hydrogen-bond donors (Lipinski definition) is 2. The van der Waals surface area contributed by atoms with Crippen LogP contribution in [0, 0.1) is 5.41 Å². The van der Waals surface area contributed by atoms with Crippen LogP contribution in [0.3, 0.4) is 0 Å². The van der Waals surface area contributed by atoms with E-state index >= 15 is 0 Å². The topological polar surface area (TPSA) is 33.3 Å². The largest absolute Gasteiger partial charge is 0.435 e. The fourth-order valence-corrected chi connectivity index (χ4v) is 1.59. The zero-order valence-corrected chi connectivity index (χ0v) is 12.9. The second-order valence-electron chi connectivity index (χ2n) is 5.59. The van der Waals surface area contributed by atoms with Gasteiger partial charge in [-0.1, -0.05) is 20.8 Å². The molecule has 0 aliphatic carbocycles. The predicted molar refractivity (Wildman–Crippen MR) is 81.3 cm³/mol. The molecule has 112 valence electrons. The van der Waals surface area contributed by atoms with E-state index in [1.807, 2.05) is 6.92 Å². The molecule has 1 unspecified atom stereocenters. The zero-order valence-electron chi connectivity index (χ0n) is 12.0. The van der Waals surface area contributed by atoms with Crippen LogP contribution in [0.2, 0.25) is 0 Å². The normalized spacial score (nSPS) is 12.9. The van der Waals surface area contributed by atoms with Crippen molar-refractivity contribution in [3.05, 3.63) is 24.3 Å². The maximum Gasteiger partial charge on any atom is 0.387 e. The number of nitrogens with one attached hydrogen (secondary N) is 2. The SMILES string of the molecule is CC(NC(=S)Nc1ccc(OC(F)F)cc1)C(C)(C)C. The van der Waals surface area contributed by atoms with Crippen LogP contribution >= 0.6 is 12.2 Å². The van der Waals surface area contributed by atoms with Crippen LogP contribution in [-0.2, 0) is 0 Å². The molecule has 0 saturated heterocycles. The van der Waals surface area contributed by atoms with E-state index in [1.165, 1.54) is 12.1 Å². The highest BCUT2D eigenvalue weighted by molar-refractivity contribution is 7.80. The quantitative estimate of drug-likeness (QED) is 0.823. The Morgan fingerprint density at radius 1 is 1.20 bits per heavy atom. The van der Waals surface area contributed by atoms with Crippen molar-refractivity contribution in [3.63, 3.8) is 0 Å². The van der Waals surface area contributed by atoms with Gasteiger partial charge in [0.05, 0.1) is 0 Å². The third-order valence-electron chi connectivity index (χ3n) is 2.98. The van der Waals surface area contributed by atoms with Crippen LogP contribution in [0.15, 0.2) is 24.3 Å². The monoisotopic (exact) mass is 302 g/mol. The molecular formula is C14H20F2N2OS. The Bertz CT molecular complexity index is 443. The minimum absolute atomic E-state index is 0.0840. The Hall–Kier alpha value is -1.43. The molecule has 0 amide bonds. The maximum atomic E-state index is 12.0. The highest BCUT2D eigenvalue weighted by Gasteiger charge is 2.20. The lowest BCUT2D eigenvalue weighted by atomic mass is 9.88. The number of thiocarbonyl (C=S) groups is 1. The lowest BCUT2D eigenvalue weighted by Crippen LogP contribution is -2.43. The molecule has 0 heterocycles. The van der Waals surface area contributed by atoms with Gasteiger partial charge in [-0.05, 0) is 48.8 Å². The Morgan fingerprint density at radius 2 is 1.75 bits per heavy atom. The lowest BCUT2D eigenvalue weighted by Gasteiger charge is -2.29. The molecular weight excluding hydrogens is 282 g/mol. The van der Waals surface area contributed by atoms with Crippen LogP contribution in [0.4, 0.5) is 14.5 Å². The van der Waals surface area contributed by atoms with Crippen LogP contribution in [0.1, 0.15) is 27.7 Å². The van der Waals surface area contributed by atoms with Crippen LogP contribution in [-0.4, -0.2) is 17.8 Å².